The van der Waals surface area contributed by atoms with E-state index in [1.54, 1.807) is 0 Å². The molecular formula is C13H8Cl3NO3. The van der Waals surface area contributed by atoms with Crippen molar-refractivity contribution in [2.45, 2.75) is 0 Å². The summed E-state index contributed by atoms with van der Waals surface area (Å²) in [6, 6.07) is 4.30. The third kappa shape index (κ3) is 2.82. The van der Waals surface area contributed by atoms with Crippen LogP contribution in [0.1, 0.15) is 10.4 Å². The minimum atomic E-state index is -0.580. The highest BCUT2D eigenvalue weighted by Crippen LogP contribution is 2.35. The van der Waals surface area contributed by atoms with Crippen molar-refractivity contribution in [1.29, 1.82) is 0 Å². The lowest BCUT2D eigenvalue weighted by atomic mass is 10.1. The summed E-state index contributed by atoms with van der Waals surface area (Å²) < 4.78 is 4.60. The van der Waals surface area contributed by atoms with Crippen LogP contribution in [0.5, 0.6) is 0 Å². The van der Waals surface area contributed by atoms with Gasteiger partial charge in [-0.1, -0.05) is 34.8 Å². The lowest BCUT2D eigenvalue weighted by Crippen LogP contribution is -2.12. The van der Waals surface area contributed by atoms with Gasteiger partial charge in [-0.15, -0.1) is 0 Å². The molecule has 0 fully saturated rings. The Morgan fingerprint density at radius 3 is 2.30 bits per heavy atom. The number of carbonyl (C=O) groups excluding carboxylic acids is 1. The molecule has 1 heterocycles. The summed E-state index contributed by atoms with van der Waals surface area (Å²) >= 11 is 18.0. The number of aromatic nitrogens is 1. The highest BCUT2D eigenvalue weighted by atomic mass is 35.5. The molecule has 0 radical (unpaired) electrons. The number of methoxy groups -OCH3 is 1. The number of halogens is 3. The van der Waals surface area contributed by atoms with E-state index in [0.29, 0.717) is 10.6 Å². The van der Waals surface area contributed by atoms with Crippen molar-refractivity contribution in [3.05, 3.63) is 55.4 Å². The summed E-state index contributed by atoms with van der Waals surface area (Å²) in [6.45, 7) is 0. The molecule has 20 heavy (non-hydrogen) atoms. The number of hydrogen-bond donors (Lipinski definition) is 1. The van der Waals surface area contributed by atoms with Gasteiger partial charge in [0.1, 0.15) is 0 Å². The average molecular weight is 333 g/mol. The Hall–Kier alpha value is -1.49. The first-order valence-corrected chi connectivity index (χ1v) is 6.53. The Morgan fingerprint density at radius 1 is 1.15 bits per heavy atom. The Balaban J connectivity index is 2.70. The van der Waals surface area contributed by atoms with Crippen LogP contribution >= 0.6 is 34.8 Å². The highest BCUT2D eigenvalue weighted by molar-refractivity contribution is 6.41. The molecule has 4 nitrogen and oxygen atoms in total. The van der Waals surface area contributed by atoms with Crippen LogP contribution < -0.4 is 5.56 Å². The molecule has 0 atom stereocenters. The molecule has 0 spiro atoms. The van der Waals surface area contributed by atoms with Crippen LogP contribution in [0, 0.1) is 0 Å². The molecule has 2 aromatic rings. The summed E-state index contributed by atoms with van der Waals surface area (Å²) in [5.41, 5.74) is 0.234. The van der Waals surface area contributed by atoms with E-state index < -0.39 is 11.5 Å². The Labute approximate surface area is 129 Å². The van der Waals surface area contributed by atoms with Gasteiger partial charge < -0.3 is 9.72 Å². The third-order valence-corrected chi connectivity index (χ3v) is 3.41. The predicted molar refractivity (Wildman–Crippen MR) is 78.9 cm³/mol. The first-order valence-electron chi connectivity index (χ1n) is 5.40. The fourth-order valence-corrected chi connectivity index (χ4v) is 2.73. The van der Waals surface area contributed by atoms with E-state index in [1.165, 1.54) is 31.5 Å². The maximum absolute atomic E-state index is 11.9. The number of H-pyrrole nitrogens is 1. The number of benzene rings is 1. The molecule has 0 aliphatic carbocycles. The van der Waals surface area contributed by atoms with Crippen molar-refractivity contribution in [3.63, 3.8) is 0 Å². The van der Waals surface area contributed by atoms with Gasteiger partial charge in [0.2, 0.25) is 0 Å². The Bertz CT molecular complexity index is 717. The van der Waals surface area contributed by atoms with Crippen LogP contribution in [0.2, 0.25) is 15.1 Å². The molecule has 7 heteroatoms. The van der Waals surface area contributed by atoms with Crippen LogP contribution in [-0.4, -0.2) is 18.1 Å². The lowest BCUT2D eigenvalue weighted by Gasteiger charge is -2.08. The number of pyridine rings is 1. The van der Waals surface area contributed by atoms with Crippen LogP contribution in [0.15, 0.2) is 29.2 Å². The Kier molecular flexibility index (Phi) is 4.38. The molecule has 0 aliphatic rings. The van der Waals surface area contributed by atoms with E-state index in [2.05, 4.69) is 9.72 Å². The summed E-state index contributed by atoms with van der Waals surface area (Å²) in [7, 11) is 1.25. The first-order chi connectivity index (χ1) is 9.43. The fourth-order valence-electron chi connectivity index (χ4n) is 1.70. The van der Waals surface area contributed by atoms with Gasteiger partial charge in [-0.2, -0.15) is 0 Å². The number of carbonyl (C=O) groups is 1. The molecule has 0 saturated heterocycles. The normalized spacial score (nSPS) is 10.4. The van der Waals surface area contributed by atoms with Crippen LogP contribution in [0.25, 0.3) is 11.1 Å². The second-order valence-corrected chi connectivity index (χ2v) is 5.12. The molecule has 1 N–H and O–H groups in total. The van der Waals surface area contributed by atoms with Crippen molar-refractivity contribution >= 4 is 40.8 Å². The van der Waals surface area contributed by atoms with E-state index in [4.69, 9.17) is 34.8 Å². The summed E-state index contributed by atoms with van der Waals surface area (Å²) in [6.07, 6.45) is 1.26. The van der Waals surface area contributed by atoms with Gasteiger partial charge in [-0.3, -0.25) is 4.79 Å². The zero-order valence-corrected chi connectivity index (χ0v) is 12.4. The van der Waals surface area contributed by atoms with Gasteiger partial charge in [-0.25, -0.2) is 4.79 Å². The van der Waals surface area contributed by atoms with Crippen LogP contribution in [-0.2, 0) is 4.74 Å². The quantitative estimate of drug-likeness (QED) is 0.851. The molecule has 1 aromatic carbocycles. The molecule has 0 saturated carbocycles. The zero-order valence-electron chi connectivity index (χ0n) is 10.2. The van der Waals surface area contributed by atoms with Crippen molar-refractivity contribution < 1.29 is 9.53 Å². The number of ether oxygens (including phenoxy) is 1. The van der Waals surface area contributed by atoms with Gasteiger partial charge in [-0.05, 0) is 18.2 Å². The van der Waals surface area contributed by atoms with Crippen LogP contribution in [0.4, 0.5) is 0 Å². The largest absolute Gasteiger partial charge is 0.465 e. The van der Waals surface area contributed by atoms with E-state index >= 15 is 0 Å². The number of esters is 1. The van der Waals surface area contributed by atoms with E-state index in [1.807, 2.05) is 0 Å². The number of rotatable bonds is 2. The van der Waals surface area contributed by atoms with Crippen molar-refractivity contribution in [2.24, 2.45) is 0 Å². The van der Waals surface area contributed by atoms with Gasteiger partial charge in [0.15, 0.2) is 0 Å². The average Bonchev–Trinajstić information content (AvgIpc) is 2.38. The number of hydrogen-bond acceptors (Lipinski definition) is 3. The van der Waals surface area contributed by atoms with Gasteiger partial charge >= 0.3 is 5.97 Å². The first kappa shape index (κ1) is 14.9. The smallest absolute Gasteiger partial charge is 0.339 e. The third-order valence-electron chi connectivity index (χ3n) is 2.60. The lowest BCUT2D eigenvalue weighted by molar-refractivity contribution is 0.0600. The maximum Gasteiger partial charge on any atom is 0.339 e. The molecule has 104 valence electrons. The van der Waals surface area contributed by atoms with Gasteiger partial charge in [0.25, 0.3) is 5.56 Å². The summed E-state index contributed by atoms with van der Waals surface area (Å²) in [5, 5.41) is 0.786. The van der Waals surface area contributed by atoms with Gasteiger partial charge in [0.05, 0.1) is 28.3 Å². The van der Waals surface area contributed by atoms with Crippen molar-refractivity contribution in [3.8, 4) is 11.1 Å². The topological polar surface area (TPSA) is 59.2 Å². The molecule has 1 aromatic heterocycles. The van der Waals surface area contributed by atoms with Crippen LogP contribution in [0.3, 0.4) is 0 Å². The summed E-state index contributed by atoms with van der Waals surface area (Å²) in [5.74, 6) is -0.580. The van der Waals surface area contributed by atoms with E-state index in [-0.39, 0.29) is 21.2 Å². The standard InChI is InChI=1S/C13H8Cl3NO3/c1-20-13(19)6-2-8(12(18)17-5-6)11-9(15)3-7(14)4-10(11)16/h2-5H,1H3,(H,17,18). The van der Waals surface area contributed by atoms with Gasteiger partial charge in [0, 0.05) is 16.8 Å². The van der Waals surface area contributed by atoms with E-state index in [0.717, 1.165) is 0 Å². The second-order valence-electron chi connectivity index (χ2n) is 3.87. The minimum absolute atomic E-state index is 0.166. The monoisotopic (exact) mass is 331 g/mol. The summed E-state index contributed by atoms with van der Waals surface area (Å²) in [4.78, 5) is 25.9. The SMILES string of the molecule is COC(=O)c1c[nH]c(=O)c(-c2c(Cl)cc(Cl)cc2Cl)c1. The van der Waals surface area contributed by atoms with E-state index in [9.17, 15) is 9.59 Å². The predicted octanol–water partition coefficient (Wildman–Crippen LogP) is 3.79. The Morgan fingerprint density at radius 2 is 1.75 bits per heavy atom. The second kappa shape index (κ2) is 5.87. The van der Waals surface area contributed by atoms with Crippen molar-refractivity contribution in [2.75, 3.05) is 7.11 Å². The molecular weight excluding hydrogens is 325 g/mol. The minimum Gasteiger partial charge on any atom is -0.465 e. The molecule has 2 rings (SSSR count). The molecule has 0 unspecified atom stereocenters. The molecule has 0 amide bonds. The molecule has 0 aliphatic heterocycles. The number of aromatic amines is 1. The highest BCUT2D eigenvalue weighted by Gasteiger charge is 2.16. The zero-order chi connectivity index (χ0) is 14.9. The van der Waals surface area contributed by atoms with Crippen molar-refractivity contribution in [1.82, 2.24) is 4.98 Å². The maximum atomic E-state index is 11.9. The number of nitrogens with one attached hydrogen (secondary N) is 1. The fraction of sp³-hybridized carbons (Fsp3) is 0.0769. The molecule has 0 bridgehead atoms.